The lowest BCUT2D eigenvalue weighted by Crippen LogP contribution is -2.52. The molecule has 3 amide bonds. The molecule has 1 aliphatic heterocycles. The van der Waals surface area contributed by atoms with Crippen LogP contribution in [0.4, 0.5) is 4.79 Å². The average Bonchev–Trinajstić information content (AvgIpc) is 3.55. The Balaban J connectivity index is 1.34. The minimum Gasteiger partial charge on any atom is -0.480 e. The molecule has 190 valence electrons. The van der Waals surface area contributed by atoms with Gasteiger partial charge in [0.15, 0.2) is 0 Å². The summed E-state index contributed by atoms with van der Waals surface area (Å²) in [5, 5.41) is 14.2. The van der Waals surface area contributed by atoms with Crippen molar-refractivity contribution in [2.24, 2.45) is 0 Å². The molecule has 0 spiro atoms. The van der Waals surface area contributed by atoms with Gasteiger partial charge in [-0.2, -0.15) is 0 Å². The maximum Gasteiger partial charge on any atom is 0.323 e. The molecule has 0 radical (unpaired) electrons. The number of carboxylic acid groups (broad SMARTS) is 1. The highest BCUT2D eigenvalue weighted by Gasteiger charge is 2.27. The van der Waals surface area contributed by atoms with Gasteiger partial charge < -0.3 is 29.6 Å². The second-order valence-electron chi connectivity index (χ2n) is 9.62. The van der Waals surface area contributed by atoms with Gasteiger partial charge in [-0.25, -0.2) is 9.78 Å². The van der Waals surface area contributed by atoms with E-state index >= 15 is 0 Å². The number of nitrogens with one attached hydrogen (secondary N) is 2. The number of carboxylic acids is 1. The molecule has 3 N–H and O–H groups in total. The molecule has 0 bridgehead atoms. The summed E-state index contributed by atoms with van der Waals surface area (Å²) in [7, 11) is 0. The van der Waals surface area contributed by atoms with Crippen LogP contribution in [0, 0.1) is 0 Å². The molecule has 1 aromatic carbocycles. The van der Waals surface area contributed by atoms with Crippen molar-refractivity contribution in [2.75, 3.05) is 19.6 Å². The van der Waals surface area contributed by atoms with Gasteiger partial charge >= 0.3 is 12.0 Å². The lowest BCUT2D eigenvalue weighted by molar-refractivity contribution is -0.135. The van der Waals surface area contributed by atoms with Crippen molar-refractivity contribution < 1.29 is 23.9 Å². The van der Waals surface area contributed by atoms with Crippen molar-refractivity contribution in [3.05, 3.63) is 42.4 Å². The van der Waals surface area contributed by atoms with E-state index in [9.17, 15) is 14.4 Å². The summed E-state index contributed by atoms with van der Waals surface area (Å²) in [4.78, 5) is 42.5. The van der Waals surface area contributed by atoms with Crippen LogP contribution in [0.1, 0.15) is 61.3 Å². The number of piperidine rings is 1. The summed E-state index contributed by atoms with van der Waals surface area (Å²) in [5.74, 6) is -0.451. The van der Waals surface area contributed by atoms with Crippen LogP contribution in [0.15, 0.2) is 41.2 Å². The second kappa shape index (κ2) is 10.4. The molecule has 1 aliphatic carbocycles. The number of fused-ring (bicyclic) bond motifs is 1. The Labute approximate surface area is 208 Å². The van der Waals surface area contributed by atoms with Crippen LogP contribution < -0.4 is 10.6 Å². The summed E-state index contributed by atoms with van der Waals surface area (Å²) < 4.78 is 7.63. The van der Waals surface area contributed by atoms with E-state index in [-0.39, 0.29) is 11.9 Å². The van der Waals surface area contributed by atoms with Crippen molar-refractivity contribution >= 4 is 28.9 Å². The molecule has 10 nitrogen and oxygen atoms in total. The van der Waals surface area contributed by atoms with Crippen LogP contribution in [0.5, 0.6) is 0 Å². The van der Waals surface area contributed by atoms with Crippen molar-refractivity contribution in [1.29, 1.82) is 0 Å². The number of rotatable bonds is 6. The van der Waals surface area contributed by atoms with Gasteiger partial charge in [0.05, 0.1) is 22.9 Å². The van der Waals surface area contributed by atoms with Crippen LogP contribution in [0.3, 0.4) is 0 Å². The number of urea groups is 1. The van der Waals surface area contributed by atoms with Gasteiger partial charge in [0, 0.05) is 30.7 Å². The molecule has 1 saturated heterocycles. The first-order valence-corrected chi connectivity index (χ1v) is 12.6. The fourth-order valence-corrected chi connectivity index (χ4v) is 5.36. The van der Waals surface area contributed by atoms with Gasteiger partial charge in [-0.15, -0.1) is 0 Å². The molecule has 2 aliphatic rings. The topological polar surface area (TPSA) is 130 Å². The van der Waals surface area contributed by atoms with Gasteiger partial charge in [0.25, 0.3) is 5.91 Å². The third kappa shape index (κ3) is 5.07. The standard InChI is InChI=1S/C26H31N5O5/c32-23(33)14-27-26(35)30-11-4-5-19(15-30)28-25(34)17-8-9-22-21(13-17)29-24(18-10-12-36-16-18)31(22)20-6-2-1-3-7-20/h8-10,12-13,16,19-20H,1-7,11,14-15H2,(H,27,35)(H,28,34)(H,32,33). The summed E-state index contributed by atoms with van der Waals surface area (Å²) in [6.45, 7) is 0.431. The van der Waals surface area contributed by atoms with Crippen molar-refractivity contribution in [3.63, 3.8) is 0 Å². The third-order valence-electron chi connectivity index (χ3n) is 7.11. The lowest BCUT2D eigenvalue weighted by atomic mass is 9.95. The Hall–Kier alpha value is -3.82. The van der Waals surface area contributed by atoms with Crippen molar-refractivity contribution in [3.8, 4) is 11.4 Å². The van der Waals surface area contributed by atoms with Crippen LogP contribution >= 0.6 is 0 Å². The molecular weight excluding hydrogens is 462 g/mol. The average molecular weight is 494 g/mol. The van der Waals surface area contributed by atoms with E-state index in [1.807, 2.05) is 24.3 Å². The third-order valence-corrected chi connectivity index (χ3v) is 7.11. The largest absolute Gasteiger partial charge is 0.480 e. The monoisotopic (exact) mass is 493 g/mol. The Morgan fingerprint density at radius 2 is 1.92 bits per heavy atom. The van der Waals surface area contributed by atoms with Crippen LogP contribution in [-0.2, 0) is 4.79 Å². The van der Waals surface area contributed by atoms with E-state index in [4.69, 9.17) is 14.5 Å². The van der Waals surface area contributed by atoms with Gasteiger partial charge in [-0.1, -0.05) is 19.3 Å². The van der Waals surface area contributed by atoms with Crippen molar-refractivity contribution in [2.45, 2.75) is 57.0 Å². The Bertz CT molecular complexity index is 1250. The van der Waals surface area contributed by atoms with E-state index < -0.39 is 18.5 Å². The highest BCUT2D eigenvalue weighted by Crippen LogP contribution is 2.36. The fourth-order valence-electron chi connectivity index (χ4n) is 5.36. The molecular formula is C26H31N5O5. The normalized spacial score (nSPS) is 18.8. The Morgan fingerprint density at radius 3 is 2.67 bits per heavy atom. The van der Waals surface area contributed by atoms with Crippen LogP contribution in [0.2, 0.25) is 0 Å². The zero-order valence-electron chi connectivity index (χ0n) is 20.1. The molecule has 10 heteroatoms. The number of hydrogen-bond acceptors (Lipinski definition) is 5. The predicted molar refractivity (Wildman–Crippen MR) is 133 cm³/mol. The Morgan fingerprint density at radius 1 is 1.08 bits per heavy atom. The Kier molecular flexibility index (Phi) is 6.92. The number of hydrogen-bond donors (Lipinski definition) is 3. The molecule has 2 fully saturated rings. The molecule has 1 atom stereocenters. The quantitative estimate of drug-likeness (QED) is 0.479. The lowest BCUT2D eigenvalue weighted by Gasteiger charge is -2.33. The van der Waals surface area contributed by atoms with Gasteiger partial charge in [0.2, 0.25) is 0 Å². The summed E-state index contributed by atoms with van der Waals surface area (Å²) in [6, 6.07) is 7.27. The number of benzene rings is 1. The highest BCUT2D eigenvalue weighted by atomic mass is 16.4. The minimum atomic E-state index is -1.09. The fraction of sp³-hybridized carbons (Fsp3) is 0.462. The number of carbonyl (C=O) groups is 3. The first-order chi connectivity index (χ1) is 17.5. The zero-order valence-corrected chi connectivity index (χ0v) is 20.1. The predicted octanol–water partition coefficient (Wildman–Crippen LogP) is 3.79. The summed E-state index contributed by atoms with van der Waals surface area (Å²) in [5.41, 5.74) is 3.21. The smallest absolute Gasteiger partial charge is 0.323 e. The van der Waals surface area contributed by atoms with Crippen molar-refractivity contribution in [1.82, 2.24) is 25.1 Å². The first kappa shape index (κ1) is 23.9. The molecule has 36 heavy (non-hydrogen) atoms. The van der Waals surface area contributed by atoms with E-state index in [2.05, 4.69) is 15.2 Å². The van der Waals surface area contributed by atoms with Crippen LogP contribution in [0.25, 0.3) is 22.4 Å². The molecule has 2 aromatic heterocycles. The second-order valence-corrected chi connectivity index (χ2v) is 9.62. The SMILES string of the molecule is O=C(O)CNC(=O)N1CCCC(NC(=O)c2ccc3c(c2)nc(-c2ccoc2)n3C2CCCCC2)C1. The number of nitrogens with zero attached hydrogens (tertiary/aromatic N) is 3. The van der Waals surface area contributed by atoms with E-state index in [1.54, 1.807) is 17.4 Å². The van der Waals surface area contributed by atoms with Gasteiger partial charge in [0.1, 0.15) is 18.6 Å². The van der Waals surface area contributed by atoms with E-state index in [1.165, 1.54) is 19.3 Å². The molecule has 3 aromatic rings. The number of furan rings is 1. The maximum absolute atomic E-state index is 13.1. The minimum absolute atomic E-state index is 0.209. The number of amides is 3. The number of imidazole rings is 1. The van der Waals surface area contributed by atoms with E-state index in [0.717, 1.165) is 48.1 Å². The first-order valence-electron chi connectivity index (χ1n) is 12.6. The van der Waals surface area contributed by atoms with Gasteiger partial charge in [-0.3, -0.25) is 9.59 Å². The number of carbonyl (C=O) groups excluding carboxylic acids is 2. The highest BCUT2D eigenvalue weighted by molar-refractivity contribution is 5.98. The number of aliphatic carboxylic acids is 1. The summed E-state index contributed by atoms with van der Waals surface area (Å²) >= 11 is 0. The number of likely N-dealkylation sites (tertiary alicyclic amines) is 1. The summed E-state index contributed by atoms with van der Waals surface area (Å²) in [6.07, 6.45) is 10.7. The maximum atomic E-state index is 13.1. The molecule has 1 unspecified atom stereocenters. The molecule has 5 rings (SSSR count). The van der Waals surface area contributed by atoms with Crippen LogP contribution in [-0.4, -0.2) is 63.1 Å². The van der Waals surface area contributed by atoms with E-state index in [0.29, 0.717) is 24.7 Å². The van der Waals surface area contributed by atoms with Gasteiger partial charge in [-0.05, 0) is 49.9 Å². The molecule has 1 saturated carbocycles. The zero-order chi connectivity index (χ0) is 25.1. The number of aromatic nitrogens is 2. The molecule has 3 heterocycles.